The molecule has 0 N–H and O–H groups in total. The average Bonchev–Trinajstić information content (AvgIpc) is 2.66. The fourth-order valence-corrected chi connectivity index (χ4v) is 3.45. The van der Waals surface area contributed by atoms with E-state index in [1.54, 1.807) is 0 Å². The number of hydrogen-bond donors (Lipinski definition) is 1. The monoisotopic (exact) mass is 227 g/mol. The fourth-order valence-electron chi connectivity index (χ4n) is 3.35. The summed E-state index contributed by atoms with van der Waals surface area (Å²) in [5.74, 6) is 2.02. The van der Waals surface area contributed by atoms with Crippen molar-refractivity contribution in [3.05, 3.63) is 0 Å². The van der Waals surface area contributed by atoms with Crippen LogP contribution in [-0.4, -0.2) is 29.8 Å². The molecule has 0 radical (unpaired) electrons. The van der Waals surface area contributed by atoms with Crippen molar-refractivity contribution in [2.24, 2.45) is 11.3 Å². The van der Waals surface area contributed by atoms with Gasteiger partial charge in [-0.15, -0.1) is 0 Å². The highest BCUT2D eigenvalue weighted by atomic mass is 32.1. The van der Waals surface area contributed by atoms with Gasteiger partial charge in [-0.3, -0.25) is 4.90 Å². The van der Waals surface area contributed by atoms with E-state index >= 15 is 0 Å². The lowest BCUT2D eigenvalue weighted by Crippen LogP contribution is -2.47. The Labute approximate surface area is 100 Å². The molecule has 1 saturated heterocycles. The molecule has 15 heavy (non-hydrogen) atoms. The lowest BCUT2D eigenvalue weighted by molar-refractivity contribution is 0.0788. The summed E-state index contributed by atoms with van der Waals surface area (Å²) in [6.07, 6.45) is 7.31. The molecule has 2 aliphatic rings. The summed E-state index contributed by atoms with van der Waals surface area (Å²) in [7, 11) is 0. The summed E-state index contributed by atoms with van der Waals surface area (Å²) in [5.41, 5.74) is 0.383. The molecule has 1 nitrogen and oxygen atoms in total. The SMILES string of the molecule is CC(C)(CS)CN1CCCC2CCCC21. The van der Waals surface area contributed by atoms with Gasteiger partial charge in [0.15, 0.2) is 0 Å². The number of rotatable bonds is 3. The van der Waals surface area contributed by atoms with Crippen LogP contribution in [0.4, 0.5) is 0 Å². The Kier molecular flexibility index (Phi) is 3.67. The molecular formula is C13H25NS. The zero-order chi connectivity index (χ0) is 10.9. The number of thiol groups is 1. The minimum atomic E-state index is 0.383. The normalized spacial score (nSPS) is 33.0. The summed E-state index contributed by atoms with van der Waals surface area (Å²) in [4.78, 5) is 2.76. The molecule has 0 bridgehead atoms. The Morgan fingerprint density at radius 3 is 2.67 bits per heavy atom. The molecule has 2 rings (SSSR count). The van der Waals surface area contributed by atoms with E-state index in [0.29, 0.717) is 5.41 Å². The van der Waals surface area contributed by atoms with Gasteiger partial charge < -0.3 is 0 Å². The van der Waals surface area contributed by atoms with Crippen LogP contribution in [0.3, 0.4) is 0 Å². The van der Waals surface area contributed by atoms with Crippen LogP contribution in [-0.2, 0) is 0 Å². The van der Waals surface area contributed by atoms with Gasteiger partial charge in [0.2, 0.25) is 0 Å². The summed E-state index contributed by atoms with van der Waals surface area (Å²) >= 11 is 4.47. The Balaban J connectivity index is 1.96. The molecule has 0 spiro atoms. The molecule has 2 heteroatoms. The third-order valence-electron chi connectivity index (χ3n) is 4.17. The van der Waals surface area contributed by atoms with Crippen molar-refractivity contribution in [1.82, 2.24) is 4.90 Å². The maximum atomic E-state index is 4.47. The number of piperidine rings is 1. The molecule has 0 aromatic rings. The highest BCUT2D eigenvalue weighted by Crippen LogP contribution is 2.38. The first kappa shape index (κ1) is 11.8. The molecule has 1 saturated carbocycles. The fraction of sp³-hybridized carbons (Fsp3) is 1.00. The second-order valence-corrected chi connectivity index (χ2v) is 6.51. The van der Waals surface area contributed by atoms with Crippen molar-refractivity contribution in [3.63, 3.8) is 0 Å². The predicted octanol–water partition coefficient (Wildman–Crippen LogP) is 3.21. The smallest absolute Gasteiger partial charge is 0.0124 e. The summed E-state index contributed by atoms with van der Waals surface area (Å²) in [6, 6.07) is 0.915. The number of likely N-dealkylation sites (tertiary alicyclic amines) is 1. The van der Waals surface area contributed by atoms with Crippen LogP contribution in [0.2, 0.25) is 0 Å². The van der Waals surface area contributed by atoms with Crippen molar-refractivity contribution in [2.75, 3.05) is 18.8 Å². The van der Waals surface area contributed by atoms with Crippen molar-refractivity contribution in [1.29, 1.82) is 0 Å². The van der Waals surface area contributed by atoms with Gasteiger partial charge in [-0.1, -0.05) is 20.3 Å². The molecule has 1 aliphatic carbocycles. The van der Waals surface area contributed by atoms with Crippen LogP contribution in [0, 0.1) is 11.3 Å². The molecule has 88 valence electrons. The van der Waals surface area contributed by atoms with Crippen LogP contribution in [0.25, 0.3) is 0 Å². The Hall–Kier alpha value is 0.310. The molecule has 0 aromatic heterocycles. The first-order valence-corrected chi connectivity index (χ1v) is 7.10. The lowest BCUT2D eigenvalue weighted by Gasteiger charge is -2.41. The third kappa shape index (κ3) is 2.71. The zero-order valence-corrected chi connectivity index (χ0v) is 11.1. The third-order valence-corrected chi connectivity index (χ3v) is 5.02. The minimum absolute atomic E-state index is 0.383. The van der Waals surface area contributed by atoms with Gasteiger partial charge in [0.25, 0.3) is 0 Å². The Bertz CT molecular complexity index is 215. The van der Waals surface area contributed by atoms with E-state index < -0.39 is 0 Å². The largest absolute Gasteiger partial charge is 0.300 e. The predicted molar refractivity (Wildman–Crippen MR) is 69.6 cm³/mol. The van der Waals surface area contributed by atoms with E-state index in [1.807, 2.05) is 0 Å². The standard InChI is InChI=1S/C13H25NS/c1-13(2,10-15)9-14-8-4-6-11-5-3-7-12(11)14/h11-12,15H,3-10H2,1-2H3. The Morgan fingerprint density at radius 1 is 1.20 bits per heavy atom. The summed E-state index contributed by atoms with van der Waals surface area (Å²) in [5, 5.41) is 0. The van der Waals surface area contributed by atoms with Crippen molar-refractivity contribution < 1.29 is 0 Å². The summed E-state index contributed by atoms with van der Waals surface area (Å²) < 4.78 is 0. The van der Waals surface area contributed by atoms with Gasteiger partial charge in [-0.05, 0) is 49.3 Å². The van der Waals surface area contributed by atoms with E-state index in [0.717, 1.165) is 17.7 Å². The van der Waals surface area contributed by atoms with Gasteiger partial charge in [0.05, 0.1) is 0 Å². The zero-order valence-electron chi connectivity index (χ0n) is 10.2. The van der Waals surface area contributed by atoms with Crippen molar-refractivity contribution in [2.45, 2.75) is 52.0 Å². The van der Waals surface area contributed by atoms with Crippen LogP contribution >= 0.6 is 12.6 Å². The molecule has 2 atom stereocenters. The topological polar surface area (TPSA) is 3.24 Å². The highest BCUT2D eigenvalue weighted by Gasteiger charge is 2.36. The van der Waals surface area contributed by atoms with E-state index in [2.05, 4.69) is 31.4 Å². The van der Waals surface area contributed by atoms with Gasteiger partial charge in [0.1, 0.15) is 0 Å². The van der Waals surface area contributed by atoms with E-state index in [-0.39, 0.29) is 0 Å². The van der Waals surface area contributed by atoms with Gasteiger partial charge in [0, 0.05) is 12.6 Å². The van der Waals surface area contributed by atoms with Gasteiger partial charge in [-0.25, -0.2) is 0 Å². The molecule has 2 fully saturated rings. The second kappa shape index (κ2) is 4.67. The van der Waals surface area contributed by atoms with Crippen LogP contribution < -0.4 is 0 Å². The van der Waals surface area contributed by atoms with Crippen LogP contribution in [0.1, 0.15) is 46.0 Å². The number of nitrogens with zero attached hydrogens (tertiary/aromatic N) is 1. The van der Waals surface area contributed by atoms with E-state index in [9.17, 15) is 0 Å². The van der Waals surface area contributed by atoms with Gasteiger partial charge in [-0.2, -0.15) is 12.6 Å². The molecule has 1 aliphatic heterocycles. The highest BCUT2D eigenvalue weighted by molar-refractivity contribution is 7.80. The van der Waals surface area contributed by atoms with Crippen LogP contribution in [0.15, 0.2) is 0 Å². The molecule has 0 amide bonds. The molecule has 1 heterocycles. The minimum Gasteiger partial charge on any atom is -0.300 e. The molecule has 2 unspecified atom stereocenters. The Morgan fingerprint density at radius 2 is 1.93 bits per heavy atom. The van der Waals surface area contributed by atoms with E-state index in [4.69, 9.17) is 0 Å². The van der Waals surface area contributed by atoms with E-state index in [1.165, 1.54) is 45.2 Å². The summed E-state index contributed by atoms with van der Waals surface area (Å²) in [6.45, 7) is 7.27. The maximum Gasteiger partial charge on any atom is 0.0124 e. The maximum absolute atomic E-state index is 4.47. The number of fused-ring (bicyclic) bond motifs is 1. The second-order valence-electron chi connectivity index (χ2n) is 6.19. The first-order valence-electron chi connectivity index (χ1n) is 6.47. The molecule has 0 aromatic carbocycles. The van der Waals surface area contributed by atoms with Crippen molar-refractivity contribution >= 4 is 12.6 Å². The molecular weight excluding hydrogens is 202 g/mol. The van der Waals surface area contributed by atoms with Gasteiger partial charge >= 0.3 is 0 Å². The van der Waals surface area contributed by atoms with Crippen LogP contribution in [0.5, 0.6) is 0 Å². The first-order chi connectivity index (χ1) is 7.12. The van der Waals surface area contributed by atoms with Crippen molar-refractivity contribution in [3.8, 4) is 0 Å². The number of hydrogen-bond acceptors (Lipinski definition) is 2. The quantitative estimate of drug-likeness (QED) is 0.725. The lowest BCUT2D eigenvalue weighted by atomic mass is 9.88. The average molecular weight is 227 g/mol.